The van der Waals surface area contributed by atoms with Crippen molar-refractivity contribution in [3.8, 4) is 5.75 Å². The van der Waals surface area contributed by atoms with Gasteiger partial charge in [-0.15, -0.1) is 0 Å². The molecule has 0 spiro atoms. The van der Waals surface area contributed by atoms with Gasteiger partial charge in [-0.2, -0.15) is 0 Å². The van der Waals surface area contributed by atoms with Crippen molar-refractivity contribution < 1.29 is 24.2 Å². The molecule has 0 unspecified atom stereocenters. The summed E-state index contributed by atoms with van der Waals surface area (Å²) in [6.45, 7) is 2.17. The predicted molar refractivity (Wildman–Crippen MR) is 96.9 cm³/mol. The Kier molecular flexibility index (Phi) is 5.25. The van der Waals surface area contributed by atoms with E-state index in [1.807, 2.05) is 0 Å². The molecular formula is C19H16ClNO5. The number of Topliss-reactive ketones (excluding diaryl/α,β-unsaturated/α-hetero) is 1. The molecule has 7 heteroatoms. The number of carbonyl (C=O) groups excluding carboxylic acids is 1. The van der Waals surface area contributed by atoms with Gasteiger partial charge in [-0.1, -0.05) is 11.6 Å². The number of rotatable bonds is 5. The number of hydrogen-bond donors (Lipinski definition) is 2. The van der Waals surface area contributed by atoms with Crippen LogP contribution in [0.5, 0.6) is 5.75 Å². The standard InChI is InChI=1S/C19H16ClNO5/c1-2-25-19-15(10-21-13-6-3-11(4-7-13)18(23)24)17(22)14-9-12(20)5-8-16(14)26-19/h3-10,19,21H,2H2,1H3,(H,23,24)/b15-10-/t19-/m1/s1. The number of aromatic carboxylic acids is 1. The van der Waals surface area contributed by atoms with Crippen LogP contribution in [0.1, 0.15) is 27.6 Å². The zero-order chi connectivity index (χ0) is 18.7. The van der Waals surface area contributed by atoms with Crippen molar-refractivity contribution >= 4 is 29.0 Å². The van der Waals surface area contributed by atoms with Crippen molar-refractivity contribution in [2.24, 2.45) is 0 Å². The molecule has 0 amide bonds. The number of ketones is 1. The Morgan fingerprint density at radius 2 is 2.04 bits per heavy atom. The van der Waals surface area contributed by atoms with Crippen LogP contribution < -0.4 is 10.1 Å². The molecule has 0 radical (unpaired) electrons. The minimum Gasteiger partial charge on any atom is -0.478 e. The minimum atomic E-state index is -1.00. The summed E-state index contributed by atoms with van der Waals surface area (Å²) in [7, 11) is 0. The third kappa shape index (κ3) is 3.71. The molecule has 2 aromatic carbocycles. The normalized spacial score (nSPS) is 17.5. The minimum absolute atomic E-state index is 0.177. The Morgan fingerprint density at radius 3 is 2.69 bits per heavy atom. The number of carboxylic acid groups (broad SMARTS) is 1. The van der Waals surface area contributed by atoms with E-state index in [2.05, 4.69) is 5.32 Å². The molecule has 0 aromatic heterocycles. The van der Waals surface area contributed by atoms with Gasteiger partial charge in [-0.25, -0.2) is 4.79 Å². The quantitative estimate of drug-likeness (QED) is 0.771. The molecular weight excluding hydrogens is 358 g/mol. The number of carboxylic acids is 1. The Morgan fingerprint density at radius 1 is 1.31 bits per heavy atom. The lowest BCUT2D eigenvalue weighted by molar-refractivity contribution is -0.0509. The Hall–Kier alpha value is -2.83. The first kappa shape index (κ1) is 18.0. The first-order valence-electron chi connectivity index (χ1n) is 7.92. The number of fused-ring (bicyclic) bond motifs is 1. The van der Waals surface area contributed by atoms with Crippen LogP contribution >= 0.6 is 11.6 Å². The number of hydrogen-bond acceptors (Lipinski definition) is 5. The molecule has 0 aliphatic carbocycles. The molecule has 0 saturated carbocycles. The van der Waals surface area contributed by atoms with Crippen LogP contribution in [-0.2, 0) is 4.74 Å². The maximum atomic E-state index is 12.8. The number of nitrogens with one attached hydrogen (secondary N) is 1. The van der Waals surface area contributed by atoms with Gasteiger partial charge in [0.25, 0.3) is 0 Å². The molecule has 6 nitrogen and oxygen atoms in total. The fourth-order valence-corrected chi connectivity index (χ4v) is 2.67. The number of anilines is 1. The van der Waals surface area contributed by atoms with E-state index in [0.717, 1.165) is 0 Å². The van der Waals surface area contributed by atoms with Crippen LogP contribution in [0.4, 0.5) is 5.69 Å². The predicted octanol–water partition coefficient (Wildman–Crippen LogP) is 3.97. The maximum absolute atomic E-state index is 12.8. The first-order chi connectivity index (χ1) is 12.5. The summed E-state index contributed by atoms with van der Waals surface area (Å²) in [5.41, 5.74) is 1.46. The zero-order valence-electron chi connectivity index (χ0n) is 13.9. The van der Waals surface area contributed by atoms with Crippen LogP contribution in [-0.4, -0.2) is 29.8 Å². The van der Waals surface area contributed by atoms with Crippen molar-refractivity contribution in [3.63, 3.8) is 0 Å². The summed E-state index contributed by atoms with van der Waals surface area (Å²) < 4.78 is 11.3. The fraction of sp³-hybridized carbons (Fsp3) is 0.158. The van der Waals surface area contributed by atoms with E-state index in [1.165, 1.54) is 18.3 Å². The number of carbonyl (C=O) groups is 2. The lowest BCUT2D eigenvalue weighted by Crippen LogP contribution is -2.33. The van der Waals surface area contributed by atoms with Gasteiger partial charge in [-0.05, 0) is 49.4 Å². The summed E-state index contributed by atoms with van der Waals surface area (Å²) >= 11 is 5.98. The fourth-order valence-electron chi connectivity index (χ4n) is 2.50. The number of ether oxygens (including phenoxy) is 2. The third-order valence-corrected chi connectivity index (χ3v) is 4.02. The van der Waals surface area contributed by atoms with Crippen molar-refractivity contribution in [1.29, 1.82) is 0 Å². The monoisotopic (exact) mass is 373 g/mol. The average Bonchev–Trinajstić information content (AvgIpc) is 2.63. The second-order valence-electron chi connectivity index (χ2n) is 5.50. The molecule has 1 aliphatic rings. The molecule has 1 atom stereocenters. The van der Waals surface area contributed by atoms with Crippen LogP contribution in [0.15, 0.2) is 54.2 Å². The van der Waals surface area contributed by atoms with Crippen LogP contribution in [0.25, 0.3) is 0 Å². The van der Waals surface area contributed by atoms with Crippen LogP contribution in [0.2, 0.25) is 5.02 Å². The second kappa shape index (κ2) is 7.59. The number of halogens is 1. The molecule has 1 aliphatic heterocycles. The SMILES string of the molecule is CCO[C@@H]1Oc2ccc(Cl)cc2C(=O)/C1=C/Nc1ccc(C(=O)O)cc1. The van der Waals surface area contributed by atoms with Gasteiger partial charge in [0.15, 0.2) is 0 Å². The second-order valence-corrected chi connectivity index (χ2v) is 5.94. The Balaban J connectivity index is 1.88. The maximum Gasteiger partial charge on any atom is 0.335 e. The summed E-state index contributed by atoms with van der Waals surface area (Å²) in [5, 5.41) is 12.3. The van der Waals surface area contributed by atoms with E-state index >= 15 is 0 Å². The van der Waals surface area contributed by atoms with Gasteiger partial charge in [-0.3, -0.25) is 4.79 Å². The van der Waals surface area contributed by atoms with E-state index in [0.29, 0.717) is 34.2 Å². The highest BCUT2D eigenvalue weighted by molar-refractivity contribution is 6.31. The van der Waals surface area contributed by atoms with Gasteiger partial charge in [0.1, 0.15) is 5.75 Å². The van der Waals surface area contributed by atoms with Crippen molar-refractivity contribution in [1.82, 2.24) is 0 Å². The van der Waals surface area contributed by atoms with Gasteiger partial charge in [0, 0.05) is 23.5 Å². The zero-order valence-corrected chi connectivity index (χ0v) is 14.6. The molecule has 1 heterocycles. The lowest BCUT2D eigenvalue weighted by atomic mass is 10.00. The summed E-state index contributed by atoms with van der Waals surface area (Å²) in [4.78, 5) is 23.7. The highest BCUT2D eigenvalue weighted by Gasteiger charge is 2.32. The van der Waals surface area contributed by atoms with E-state index in [1.54, 1.807) is 37.3 Å². The van der Waals surface area contributed by atoms with Crippen molar-refractivity contribution in [2.45, 2.75) is 13.2 Å². The molecule has 0 fully saturated rings. The van der Waals surface area contributed by atoms with Crippen LogP contribution in [0, 0.1) is 0 Å². The molecule has 0 saturated heterocycles. The number of benzene rings is 2. The van der Waals surface area contributed by atoms with E-state index in [4.69, 9.17) is 26.2 Å². The summed E-state index contributed by atoms with van der Waals surface area (Å²) in [6, 6.07) is 11.0. The van der Waals surface area contributed by atoms with Gasteiger partial charge in [0.05, 0.1) is 16.7 Å². The smallest absolute Gasteiger partial charge is 0.335 e. The van der Waals surface area contributed by atoms with Gasteiger partial charge < -0.3 is 19.9 Å². The molecule has 2 N–H and O–H groups in total. The van der Waals surface area contributed by atoms with E-state index in [-0.39, 0.29) is 11.3 Å². The Labute approximate surface area is 155 Å². The molecule has 2 aromatic rings. The molecule has 0 bridgehead atoms. The Bertz CT molecular complexity index is 876. The first-order valence-corrected chi connectivity index (χ1v) is 8.30. The molecule has 26 heavy (non-hydrogen) atoms. The van der Waals surface area contributed by atoms with E-state index in [9.17, 15) is 9.59 Å². The average molecular weight is 374 g/mol. The largest absolute Gasteiger partial charge is 0.478 e. The van der Waals surface area contributed by atoms with Gasteiger partial charge in [0.2, 0.25) is 12.1 Å². The lowest BCUT2D eigenvalue weighted by Gasteiger charge is -2.27. The highest BCUT2D eigenvalue weighted by Crippen LogP contribution is 2.33. The highest BCUT2D eigenvalue weighted by atomic mass is 35.5. The molecule has 134 valence electrons. The third-order valence-electron chi connectivity index (χ3n) is 3.78. The molecule has 3 rings (SSSR count). The van der Waals surface area contributed by atoms with Crippen LogP contribution in [0.3, 0.4) is 0 Å². The van der Waals surface area contributed by atoms with E-state index < -0.39 is 12.3 Å². The van der Waals surface area contributed by atoms with Gasteiger partial charge >= 0.3 is 5.97 Å². The summed E-state index contributed by atoms with van der Waals surface area (Å²) in [6.07, 6.45) is 0.661. The summed E-state index contributed by atoms with van der Waals surface area (Å²) in [5.74, 6) is -0.835. The topological polar surface area (TPSA) is 84.9 Å². The van der Waals surface area contributed by atoms with Crippen molar-refractivity contribution in [3.05, 3.63) is 70.4 Å². The van der Waals surface area contributed by atoms with Crippen molar-refractivity contribution in [2.75, 3.05) is 11.9 Å².